The molecule has 2 aromatic heterocycles. The number of anilines is 1. The molecule has 0 N–H and O–H groups in total. The molecule has 7 nitrogen and oxygen atoms in total. The van der Waals surface area contributed by atoms with Crippen LogP contribution < -0.4 is 15.2 Å². The van der Waals surface area contributed by atoms with Gasteiger partial charge in [0.1, 0.15) is 17.9 Å². The molecule has 2 heterocycles. The van der Waals surface area contributed by atoms with E-state index in [1.165, 1.54) is 4.68 Å². The second-order valence-corrected chi connectivity index (χ2v) is 10.4. The molecule has 6 rings (SSSR count). The molecule has 0 fully saturated rings. The van der Waals surface area contributed by atoms with Crippen LogP contribution in [0.5, 0.6) is 5.75 Å². The fourth-order valence-corrected chi connectivity index (χ4v) is 4.64. The summed E-state index contributed by atoms with van der Waals surface area (Å²) in [6.45, 7) is 0.382. The number of aromatic nitrogens is 2. The summed E-state index contributed by atoms with van der Waals surface area (Å²) in [6.07, 6.45) is 1.63. The van der Waals surface area contributed by atoms with E-state index in [9.17, 15) is 4.79 Å². The summed E-state index contributed by atoms with van der Waals surface area (Å²) < 4.78 is 14.6. The van der Waals surface area contributed by atoms with E-state index in [2.05, 4.69) is 21.0 Å². The Morgan fingerprint density at radius 1 is 0.975 bits per heavy atom. The summed E-state index contributed by atoms with van der Waals surface area (Å²) in [5.74, 6) is 1.42. The maximum absolute atomic E-state index is 13.7. The van der Waals surface area contributed by atoms with Gasteiger partial charge in [-0.3, -0.25) is 4.79 Å². The lowest BCUT2D eigenvalue weighted by Crippen LogP contribution is -2.20. The van der Waals surface area contributed by atoms with E-state index < -0.39 is 0 Å². The van der Waals surface area contributed by atoms with E-state index in [1.54, 1.807) is 12.3 Å². The lowest BCUT2D eigenvalue weighted by Gasteiger charge is -2.16. The van der Waals surface area contributed by atoms with Gasteiger partial charge in [0.05, 0.1) is 17.1 Å². The Balaban J connectivity index is 1.44. The van der Waals surface area contributed by atoms with Crippen molar-refractivity contribution in [1.29, 1.82) is 0 Å². The normalized spacial score (nSPS) is 11.5. The van der Waals surface area contributed by atoms with Crippen LogP contribution in [0.3, 0.4) is 0 Å². The van der Waals surface area contributed by atoms with Crippen molar-refractivity contribution < 1.29 is 9.15 Å². The zero-order valence-electron chi connectivity index (χ0n) is 21.9. The Morgan fingerprint density at radius 2 is 1.75 bits per heavy atom. The number of hydrogen-bond donors (Lipinski definition) is 0. The van der Waals surface area contributed by atoms with Gasteiger partial charge in [0, 0.05) is 41.3 Å². The molecule has 40 heavy (non-hydrogen) atoms. The molecule has 198 valence electrons. The van der Waals surface area contributed by atoms with Crippen LogP contribution in [0.1, 0.15) is 11.1 Å². The largest absolute Gasteiger partial charge is 0.488 e. The number of fused-ring (bicyclic) bond motifs is 2. The second kappa shape index (κ2) is 10.8. The SMILES string of the molecule is CN(C)c1ccc(C=Nn2c(-c3cc4ccccc4o3)nc3ccccc3c2=O)c(OCc2ccc(Br)cc2)c1. The quantitative estimate of drug-likeness (QED) is 0.185. The van der Waals surface area contributed by atoms with E-state index >= 15 is 0 Å². The van der Waals surface area contributed by atoms with Gasteiger partial charge < -0.3 is 14.1 Å². The highest BCUT2D eigenvalue weighted by atomic mass is 79.9. The van der Waals surface area contributed by atoms with Crippen LogP contribution in [0, 0.1) is 0 Å². The first-order chi connectivity index (χ1) is 19.5. The standard InChI is InChI=1S/C32H25BrN4O3/c1-36(2)25-16-13-23(29(18-25)39-20-21-11-14-24(33)15-12-21)19-34-37-31(30-17-22-7-3-6-10-28(22)40-30)35-27-9-5-4-8-26(27)32(37)38/h3-19H,20H2,1-2H3. The van der Waals surface area contributed by atoms with Gasteiger partial charge in [-0.15, -0.1) is 0 Å². The van der Waals surface area contributed by atoms with Crippen LogP contribution in [-0.2, 0) is 6.61 Å². The van der Waals surface area contributed by atoms with Crippen LogP contribution in [-0.4, -0.2) is 30.0 Å². The molecule has 0 bridgehead atoms. The van der Waals surface area contributed by atoms with E-state index in [0.29, 0.717) is 40.4 Å². The minimum Gasteiger partial charge on any atom is -0.488 e. The van der Waals surface area contributed by atoms with Gasteiger partial charge in [-0.25, -0.2) is 4.98 Å². The molecule has 0 unspecified atom stereocenters. The fraction of sp³-hybridized carbons (Fsp3) is 0.0938. The van der Waals surface area contributed by atoms with Crippen molar-refractivity contribution in [3.8, 4) is 17.3 Å². The van der Waals surface area contributed by atoms with Crippen molar-refractivity contribution >= 4 is 49.7 Å². The van der Waals surface area contributed by atoms with Crippen LogP contribution in [0.15, 0.2) is 116 Å². The number of rotatable bonds is 7. The van der Waals surface area contributed by atoms with Crippen LogP contribution in [0.4, 0.5) is 5.69 Å². The van der Waals surface area contributed by atoms with Gasteiger partial charge in [-0.05, 0) is 54.1 Å². The lowest BCUT2D eigenvalue weighted by molar-refractivity contribution is 0.306. The van der Waals surface area contributed by atoms with Gasteiger partial charge in [0.15, 0.2) is 5.76 Å². The van der Waals surface area contributed by atoms with E-state index in [0.717, 1.165) is 26.7 Å². The highest BCUT2D eigenvalue weighted by Crippen LogP contribution is 2.28. The van der Waals surface area contributed by atoms with Crippen molar-refractivity contribution in [3.05, 3.63) is 123 Å². The number of nitrogens with zero attached hydrogens (tertiary/aromatic N) is 4. The molecule has 4 aromatic carbocycles. The monoisotopic (exact) mass is 592 g/mol. The number of hydrogen-bond acceptors (Lipinski definition) is 6. The van der Waals surface area contributed by atoms with Crippen molar-refractivity contribution in [2.45, 2.75) is 6.61 Å². The highest BCUT2D eigenvalue weighted by Gasteiger charge is 2.16. The Kier molecular flexibility index (Phi) is 6.92. The Hall–Kier alpha value is -4.69. The maximum atomic E-state index is 13.7. The molecule has 8 heteroatoms. The molecule has 0 aliphatic rings. The van der Waals surface area contributed by atoms with Crippen LogP contribution >= 0.6 is 15.9 Å². The third-order valence-electron chi connectivity index (χ3n) is 6.53. The van der Waals surface area contributed by atoms with Gasteiger partial charge in [0.25, 0.3) is 5.56 Å². The van der Waals surface area contributed by atoms with E-state index in [4.69, 9.17) is 14.1 Å². The Morgan fingerprint density at radius 3 is 2.55 bits per heavy atom. The maximum Gasteiger partial charge on any atom is 0.282 e. The van der Waals surface area contributed by atoms with E-state index in [1.807, 2.05) is 110 Å². The lowest BCUT2D eigenvalue weighted by atomic mass is 10.2. The number of ether oxygens (including phenoxy) is 1. The summed E-state index contributed by atoms with van der Waals surface area (Å²) >= 11 is 3.47. The molecular weight excluding hydrogens is 568 g/mol. The van der Waals surface area contributed by atoms with Crippen molar-refractivity contribution in [2.24, 2.45) is 5.10 Å². The highest BCUT2D eigenvalue weighted by molar-refractivity contribution is 9.10. The fourth-order valence-electron chi connectivity index (χ4n) is 4.38. The zero-order chi connectivity index (χ0) is 27.6. The predicted octanol–water partition coefficient (Wildman–Crippen LogP) is 7.10. The average Bonchev–Trinajstić information content (AvgIpc) is 3.41. The summed E-state index contributed by atoms with van der Waals surface area (Å²) in [7, 11) is 3.95. The first-order valence-electron chi connectivity index (χ1n) is 12.7. The van der Waals surface area contributed by atoms with Crippen molar-refractivity contribution in [2.75, 3.05) is 19.0 Å². The average molecular weight is 593 g/mol. The van der Waals surface area contributed by atoms with Gasteiger partial charge >= 0.3 is 0 Å². The summed E-state index contributed by atoms with van der Waals surface area (Å²) in [6, 6.07) is 30.6. The van der Waals surface area contributed by atoms with Gasteiger partial charge in [0.2, 0.25) is 5.82 Å². The number of para-hydroxylation sites is 2. The molecule has 0 aliphatic carbocycles. The van der Waals surface area contributed by atoms with Gasteiger partial charge in [-0.2, -0.15) is 9.78 Å². The summed E-state index contributed by atoms with van der Waals surface area (Å²) in [5.41, 5.74) is 3.72. The number of furan rings is 1. The Labute approximate surface area is 239 Å². The first kappa shape index (κ1) is 25.6. The van der Waals surface area contributed by atoms with Crippen molar-refractivity contribution in [3.63, 3.8) is 0 Å². The molecule has 0 radical (unpaired) electrons. The summed E-state index contributed by atoms with van der Waals surface area (Å²) in [5, 5.41) is 6.01. The van der Waals surface area contributed by atoms with E-state index in [-0.39, 0.29) is 5.56 Å². The van der Waals surface area contributed by atoms with Crippen molar-refractivity contribution in [1.82, 2.24) is 9.66 Å². The summed E-state index contributed by atoms with van der Waals surface area (Å²) in [4.78, 5) is 20.4. The molecule has 0 amide bonds. The van der Waals surface area contributed by atoms with Crippen LogP contribution in [0.2, 0.25) is 0 Å². The van der Waals surface area contributed by atoms with Crippen LogP contribution in [0.25, 0.3) is 33.5 Å². The zero-order valence-corrected chi connectivity index (χ0v) is 23.5. The third-order valence-corrected chi connectivity index (χ3v) is 7.06. The van der Waals surface area contributed by atoms with Gasteiger partial charge in [-0.1, -0.05) is 58.4 Å². The molecule has 0 aliphatic heterocycles. The molecule has 0 spiro atoms. The predicted molar refractivity (Wildman–Crippen MR) is 163 cm³/mol. The minimum absolute atomic E-state index is 0.292. The molecule has 6 aromatic rings. The molecule has 0 saturated carbocycles. The molecule has 0 saturated heterocycles. The Bertz CT molecular complexity index is 1890. The smallest absolute Gasteiger partial charge is 0.282 e. The number of benzene rings is 4. The minimum atomic E-state index is -0.292. The number of halogens is 1. The molecule has 0 atom stereocenters. The third kappa shape index (κ3) is 5.13. The molecular formula is C32H25BrN4O3. The first-order valence-corrected chi connectivity index (χ1v) is 13.5. The topological polar surface area (TPSA) is 72.9 Å². The second-order valence-electron chi connectivity index (χ2n) is 9.49.